The van der Waals surface area contributed by atoms with E-state index in [1.54, 1.807) is 0 Å². The molecule has 1 aliphatic heterocycles. The molecule has 2 rings (SSSR count). The van der Waals surface area contributed by atoms with Crippen LogP contribution in [0.5, 0.6) is 0 Å². The molecule has 1 fully saturated rings. The Hall–Kier alpha value is -1.39. The highest BCUT2D eigenvalue weighted by Crippen LogP contribution is 2.08. The highest BCUT2D eigenvalue weighted by molar-refractivity contribution is 5.76. The van der Waals surface area contributed by atoms with Gasteiger partial charge in [0.25, 0.3) is 0 Å². The maximum absolute atomic E-state index is 12.3. The van der Waals surface area contributed by atoms with Crippen LogP contribution in [0.1, 0.15) is 18.4 Å². The summed E-state index contributed by atoms with van der Waals surface area (Å²) in [6, 6.07) is 10.3. The van der Waals surface area contributed by atoms with E-state index < -0.39 is 0 Å². The van der Waals surface area contributed by atoms with Gasteiger partial charge in [-0.25, -0.2) is 0 Å². The van der Waals surface area contributed by atoms with Crippen molar-refractivity contribution in [1.82, 2.24) is 14.7 Å². The van der Waals surface area contributed by atoms with E-state index in [1.807, 2.05) is 23.1 Å². The zero-order valence-electron chi connectivity index (χ0n) is 14.0. The highest BCUT2D eigenvalue weighted by Gasteiger charge is 2.20. The number of carbonyl (C=O) groups is 1. The minimum absolute atomic E-state index is 0.303. The van der Waals surface area contributed by atoms with Crippen LogP contribution in [0.4, 0.5) is 0 Å². The smallest absolute Gasteiger partial charge is 0.222 e. The monoisotopic (exact) mass is 303 g/mol. The normalized spacial score (nSPS) is 16.2. The Bertz CT molecular complexity index is 439. The maximum atomic E-state index is 12.3. The molecule has 1 heterocycles. The molecular weight excluding hydrogens is 274 g/mol. The van der Waals surface area contributed by atoms with Crippen molar-refractivity contribution in [2.45, 2.75) is 19.3 Å². The van der Waals surface area contributed by atoms with Gasteiger partial charge < -0.3 is 9.80 Å². The molecule has 0 bridgehead atoms. The molecule has 1 aromatic rings. The number of nitrogens with zero attached hydrogens (tertiary/aromatic N) is 3. The van der Waals surface area contributed by atoms with Crippen LogP contribution < -0.4 is 0 Å². The van der Waals surface area contributed by atoms with Gasteiger partial charge in [-0.1, -0.05) is 30.3 Å². The van der Waals surface area contributed by atoms with Crippen LogP contribution in [0.2, 0.25) is 0 Å². The van der Waals surface area contributed by atoms with Crippen molar-refractivity contribution in [2.75, 3.05) is 53.4 Å². The lowest BCUT2D eigenvalue weighted by Crippen LogP contribution is -2.49. The minimum Gasteiger partial charge on any atom is -0.340 e. The van der Waals surface area contributed by atoms with Crippen molar-refractivity contribution in [3.63, 3.8) is 0 Å². The van der Waals surface area contributed by atoms with Crippen molar-refractivity contribution in [2.24, 2.45) is 0 Å². The summed E-state index contributed by atoms with van der Waals surface area (Å²) in [5.41, 5.74) is 1.25. The van der Waals surface area contributed by atoms with Gasteiger partial charge in [0.15, 0.2) is 0 Å². The SMILES string of the molecule is CN(C)CCCN1CCN(C(=O)CCc2ccccc2)CC1. The van der Waals surface area contributed by atoms with Crippen LogP contribution in [0.25, 0.3) is 0 Å². The molecule has 0 radical (unpaired) electrons. The average molecular weight is 303 g/mol. The van der Waals surface area contributed by atoms with Crippen molar-refractivity contribution < 1.29 is 4.79 Å². The predicted molar refractivity (Wildman–Crippen MR) is 91.0 cm³/mol. The molecule has 4 nitrogen and oxygen atoms in total. The van der Waals surface area contributed by atoms with Gasteiger partial charge >= 0.3 is 0 Å². The quantitative estimate of drug-likeness (QED) is 0.767. The number of benzene rings is 1. The lowest BCUT2D eigenvalue weighted by atomic mass is 10.1. The molecule has 0 atom stereocenters. The molecule has 1 aromatic carbocycles. The second kappa shape index (κ2) is 8.91. The average Bonchev–Trinajstić information content (AvgIpc) is 2.54. The van der Waals surface area contributed by atoms with Crippen LogP contribution in [0, 0.1) is 0 Å². The lowest BCUT2D eigenvalue weighted by Gasteiger charge is -2.35. The number of amides is 1. The molecule has 1 saturated heterocycles. The maximum Gasteiger partial charge on any atom is 0.222 e. The van der Waals surface area contributed by atoms with Gasteiger partial charge in [-0.15, -0.1) is 0 Å². The summed E-state index contributed by atoms with van der Waals surface area (Å²) in [4.78, 5) is 19.0. The first-order chi connectivity index (χ1) is 10.6. The summed E-state index contributed by atoms with van der Waals surface area (Å²) < 4.78 is 0. The first kappa shape index (κ1) is 17.0. The number of piperazine rings is 1. The number of carbonyl (C=O) groups excluding carboxylic acids is 1. The fourth-order valence-electron chi connectivity index (χ4n) is 2.89. The summed E-state index contributed by atoms with van der Waals surface area (Å²) in [7, 11) is 4.23. The Morgan fingerprint density at radius 1 is 1.09 bits per heavy atom. The molecule has 1 aliphatic rings. The van der Waals surface area contributed by atoms with Gasteiger partial charge in [-0.3, -0.25) is 9.69 Å². The van der Waals surface area contributed by atoms with E-state index in [1.165, 1.54) is 12.0 Å². The standard InChI is InChI=1S/C18H29N3O/c1-19(2)11-6-12-20-13-15-21(16-14-20)18(22)10-9-17-7-4-3-5-8-17/h3-5,7-8H,6,9-16H2,1-2H3. The Labute approximate surface area is 134 Å². The molecular formula is C18H29N3O. The molecule has 0 unspecified atom stereocenters. The topological polar surface area (TPSA) is 26.8 Å². The Morgan fingerprint density at radius 2 is 1.77 bits per heavy atom. The lowest BCUT2D eigenvalue weighted by molar-refractivity contribution is -0.132. The third-order valence-electron chi connectivity index (χ3n) is 4.28. The van der Waals surface area contributed by atoms with E-state index in [2.05, 4.69) is 36.0 Å². The number of hydrogen-bond acceptors (Lipinski definition) is 3. The molecule has 0 aromatic heterocycles. The molecule has 1 amide bonds. The third-order valence-corrected chi connectivity index (χ3v) is 4.28. The van der Waals surface area contributed by atoms with E-state index >= 15 is 0 Å². The molecule has 22 heavy (non-hydrogen) atoms. The van der Waals surface area contributed by atoms with E-state index in [0.29, 0.717) is 12.3 Å². The Kier molecular flexibility index (Phi) is 6.87. The molecule has 122 valence electrons. The van der Waals surface area contributed by atoms with Crippen LogP contribution in [0.3, 0.4) is 0 Å². The predicted octanol–water partition coefficient (Wildman–Crippen LogP) is 1.72. The number of hydrogen-bond donors (Lipinski definition) is 0. The molecule has 0 saturated carbocycles. The van der Waals surface area contributed by atoms with E-state index in [9.17, 15) is 4.79 Å². The second-order valence-electron chi connectivity index (χ2n) is 6.36. The van der Waals surface area contributed by atoms with Crippen LogP contribution in [0.15, 0.2) is 30.3 Å². The van der Waals surface area contributed by atoms with E-state index in [0.717, 1.165) is 45.7 Å². The van der Waals surface area contributed by atoms with E-state index in [-0.39, 0.29) is 0 Å². The van der Waals surface area contributed by atoms with Crippen molar-refractivity contribution in [3.05, 3.63) is 35.9 Å². The van der Waals surface area contributed by atoms with Crippen LogP contribution in [-0.4, -0.2) is 74.0 Å². The van der Waals surface area contributed by atoms with Crippen molar-refractivity contribution in [1.29, 1.82) is 0 Å². The molecule has 0 N–H and O–H groups in total. The fourth-order valence-corrected chi connectivity index (χ4v) is 2.89. The largest absolute Gasteiger partial charge is 0.340 e. The Balaban J connectivity index is 1.64. The second-order valence-corrected chi connectivity index (χ2v) is 6.36. The number of aryl methyl sites for hydroxylation is 1. The van der Waals surface area contributed by atoms with Crippen LogP contribution in [-0.2, 0) is 11.2 Å². The summed E-state index contributed by atoms with van der Waals surface area (Å²) in [6.45, 7) is 6.08. The van der Waals surface area contributed by atoms with E-state index in [4.69, 9.17) is 0 Å². The summed E-state index contributed by atoms with van der Waals surface area (Å²) in [5, 5.41) is 0. The minimum atomic E-state index is 0.303. The summed E-state index contributed by atoms with van der Waals surface area (Å²) in [5.74, 6) is 0.303. The van der Waals surface area contributed by atoms with Crippen LogP contribution >= 0.6 is 0 Å². The van der Waals surface area contributed by atoms with Gasteiger partial charge in [0, 0.05) is 32.6 Å². The van der Waals surface area contributed by atoms with Crippen molar-refractivity contribution in [3.8, 4) is 0 Å². The van der Waals surface area contributed by atoms with Gasteiger partial charge in [0.2, 0.25) is 5.91 Å². The van der Waals surface area contributed by atoms with Gasteiger partial charge in [0.05, 0.1) is 0 Å². The Morgan fingerprint density at radius 3 is 2.41 bits per heavy atom. The molecule has 0 aliphatic carbocycles. The third kappa shape index (κ3) is 5.78. The fraction of sp³-hybridized carbons (Fsp3) is 0.611. The molecule has 0 spiro atoms. The van der Waals surface area contributed by atoms with Gasteiger partial charge in [0.1, 0.15) is 0 Å². The zero-order valence-corrected chi connectivity index (χ0v) is 14.0. The highest BCUT2D eigenvalue weighted by atomic mass is 16.2. The van der Waals surface area contributed by atoms with Crippen molar-refractivity contribution >= 4 is 5.91 Å². The number of rotatable bonds is 7. The first-order valence-electron chi connectivity index (χ1n) is 8.34. The summed E-state index contributed by atoms with van der Waals surface area (Å²) >= 11 is 0. The zero-order chi connectivity index (χ0) is 15.8. The first-order valence-corrected chi connectivity index (χ1v) is 8.34. The van der Waals surface area contributed by atoms with Gasteiger partial charge in [-0.05, 0) is 45.6 Å². The van der Waals surface area contributed by atoms with Gasteiger partial charge in [-0.2, -0.15) is 0 Å². The molecule has 4 heteroatoms. The summed E-state index contributed by atoms with van der Waals surface area (Å²) in [6.07, 6.45) is 2.68.